The average molecular weight is 405 g/mol. The minimum absolute atomic E-state index is 0.154. The lowest BCUT2D eigenvalue weighted by Crippen LogP contribution is -2.32. The Morgan fingerprint density at radius 3 is 2.78 bits per heavy atom. The number of ether oxygens (including phenoxy) is 1. The van der Waals surface area contributed by atoms with Crippen molar-refractivity contribution < 1.29 is 17.9 Å². The molecule has 2 aliphatic heterocycles. The number of fused-ring (bicyclic) bond motifs is 1. The van der Waals surface area contributed by atoms with Gasteiger partial charge in [0.1, 0.15) is 11.3 Å². The van der Waals surface area contributed by atoms with Crippen LogP contribution in [-0.4, -0.2) is 69.5 Å². The number of hydrogen-bond acceptors (Lipinski definition) is 6. The molecular formula is C16H20ClF3N6O. The van der Waals surface area contributed by atoms with Gasteiger partial charge in [-0.2, -0.15) is 13.2 Å². The number of alkyl halides is 3. The van der Waals surface area contributed by atoms with Crippen LogP contribution in [0.15, 0.2) is 6.20 Å². The largest absolute Gasteiger partial charge is 0.401 e. The van der Waals surface area contributed by atoms with Gasteiger partial charge >= 0.3 is 6.18 Å². The molecule has 1 N–H and O–H groups in total. The van der Waals surface area contributed by atoms with E-state index in [2.05, 4.69) is 20.4 Å². The van der Waals surface area contributed by atoms with E-state index in [0.29, 0.717) is 43.5 Å². The van der Waals surface area contributed by atoms with Crippen molar-refractivity contribution in [2.75, 3.05) is 38.2 Å². The maximum absolute atomic E-state index is 12.6. The predicted molar refractivity (Wildman–Crippen MR) is 93.1 cm³/mol. The lowest BCUT2D eigenvalue weighted by molar-refractivity contribution is -0.143. The molecule has 11 heteroatoms. The summed E-state index contributed by atoms with van der Waals surface area (Å²) in [4.78, 5) is 10.0. The van der Waals surface area contributed by atoms with Crippen molar-refractivity contribution in [2.45, 2.75) is 37.4 Å². The summed E-state index contributed by atoms with van der Waals surface area (Å²) in [7, 11) is 0. The van der Waals surface area contributed by atoms with Crippen LogP contribution in [-0.2, 0) is 4.74 Å². The summed E-state index contributed by atoms with van der Waals surface area (Å²) in [5.41, 5.74) is 0.554. The molecule has 0 spiro atoms. The molecule has 2 fully saturated rings. The summed E-state index contributed by atoms with van der Waals surface area (Å²) >= 11 is 6.20. The number of likely N-dealkylation sites (tertiary alicyclic amines) is 1. The molecule has 2 aromatic rings. The van der Waals surface area contributed by atoms with Gasteiger partial charge in [-0.05, 0) is 25.8 Å². The Balaban J connectivity index is 1.54. The van der Waals surface area contributed by atoms with Gasteiger partial charge in [-0.3, -0.25) is 4.90 Å². The monoisotopic (exact) mass is 404 g/mol. The van der Waals surface area contributed by atoms with Crippen LogP contribution in [0, 0.1) is 0 Å². The third-order valence-electron chi connectivity index (χ3n) is 4.97. The van der Waals surface area contributed by atoms with E-state index in [1.807, 2.05) is 0 Å². The summed E-state index contributed by atoms with van der Waals surface area (Å²) in [6.07, 6.45) is -0.291. The molecule has 1 unspecified atom stereocenters. The molecule has 4 rings (SSSR count). The zero-order valence-corrected chi connectivity index (χ0v) is 15.3. The highest BCUT2D eigenvalue weighted by molar-refractivity contribution is 6.32. The van der Waals surface area contributed by atoms with E-state index < -0.39 is 12.7 Å². The van der Waals surface area contributed by atoms with E-state index in [1.54, 1.807) is 10.7 Å². The van der Waals surface area contributed by atoms with Crippen LogP contribution in [0.4, 0.5) is 19.1 Å². The van der Waals surface area contributed by atoms with Gasteiger partial charge in [-0.15, -0.1) is 5.10 Å². The number of imidazole rings is 1. The third kappa shape index (κ3) is 4.27. The van der Waals surface area contributed by atoms with Gasteiger partial charge in [-0.25, -0.2) is 14.5 Å². The molecule has 0 aromatic carbocycles. The van der Waals surface area contributed by atoms with E-state index in [0.717, 1.165) is 12.8 Å². The number of rotatable bonds is 4. The highest BCUT2D eigenvalue weighted by Crippen LogP contribution is 2.31. The van der Waals surface area contributed by atoms with Gasteiger partial charge in [0, 0.05) is 31.7 Å². The van der Waals surface area contributed by atoms with Crippen molar-refractivity contribution in [1.29, 1.82) is 0 Å². The Hall–Kier alpha value is -1.65. The SMILES string of the molecule is FC(F)(F)CN1CCC(c2nc(Cl)c3cnc(NC4CCOCC4)nn23)C1. The quantitative estimate of drug-likeness (QED) is 0.845. The molecule has 148 valence electrons. The fourth-order valence-corrected chi connectivity index (χ4v) is 3.88. The molecule has 7 nitrogen and oxygen atoms in total. The Kier molecular flexibility index (Phi) is 5.13. The van der Waals surface area contributed by atoms with E-state index in [4.69, 9.17) is 16.3 Å². The average Bonchev–Trinajstić information content (AvgIpc) is 3.19. The first-order chi connectivity index (χ1) is 12.9. The van der Waals surface area contributed by atoms with Crippen LogP contribution < -0.4 is 5.32 Å². The second kappa shape index (κ2) is 7.40. The molecule has 2 aliphatic rings. The van der Waals surface area contributed by atoms with Gasteiger partial charge in [0.15, 0.2) is 5.15 Å². The smallest absolute Gasteiger partial charge is 0.381 e. The summed E-state index contributed by atoms with van der Waals surface area (Å²) in [6.45, 7) is 1.13. The lowest BCUT2D eigenvalue weighted by atomic mass is 10.1. The highest BCUT2D eigenvalue weighted by Gasteiger charge is 2.36. The summed E-state index contributed by atoms with van der Waals surface area (Å²) in [5, 5.41) is 8.05. The summed E-state index contributed by atoms with van der Waals surface area (Å²) in [6, 6.07) is 0.229. The summed E-state index contributed by atoms with van der Waals surface area (Å²) in [5.74, 6) is 0.880. The second-order valence-corrected chi connectivity index (χ2v) is 7.36. The van der Waals surface area contributed by atoms with Crippen LogP contribution in [0.2, 0.25) is 5.15 Å². The minimum Gasteiger partial charge on any atom is -0.381 e. The zero-order valence-electron chi connectivity index (χ0n) is 14.5. The van der Waals surface area contributed by atoms with Gasteiger partial charge in [-0.1, -0.05) is 11.6 Å². The normalized spacial score (nSPS) is 22.6. The lowest BCUT2D eigenvalue weighted by Gasteiger charge is -2.23. The van der Waals surface area contributed by atoms with Crippen molar-refractivity contribution in [3.05, 3.63) is 17.2 Å². The van der Waals surface area contributed by atoms with Crippen molar-refractivity contribution in [1.82, 2.24) is 24.5 Å². The van der Waals surface area contributed by atoms with E-state index in [9.17, 15) is 13.2 Å². The number of halogens is 4. The molecule has 0 bridgehead atoms. The fraction of sp³-hybridized carbons (Fsp3) is 0.688. The molecule has 0 radical (unpaired) electrons. The molecule has 4 heterocycles. The van der Waals surface area contributed by atoms with Crippen LogP contribution in [0.3, 0.4) is 0 Å². The highest BCUT2D eigenvalue weighted by atomic mass is 35.5. The first kappa shape index (κ1) is 18.7. The van der Waals surface area contributed by atoms with Gasteiger partial charge < -0.3 is 10.1 Å². The third-order valence-corrected chi connectivity index (χ3v) is 5.25. The second-order valence-electron chi connectivity index (χ2n) is 7.01. The number of aromatic nitrogens is 4. The first-order valence-corrected chi connectivity index (χ1v) is 9.31. The zero-order chi connectivity index (χ0) is 19.0. The van der Waals surface area contributed by atoms with Gasteiger partial charge in [0.05, 0.1) is 12.7 Å². The van der Waals surface area contributed by atoms with Crippen LogP contribution in [0.1, 0.15) is 31.0 Å². The maximum Gasteiger partial charge on any atom is 0.401 e. The van der Waals surface area contributed by atoms with Crippen molar-refractivity contribution in [2.24, 2.45) is 0 Å². The van der Waals surface area contributed by atoms with Crippen molar-refractivity contribution in [3.8, 4) is 0 Å². The van der Waals surface area contributed by atoms with Crippen LogP contribution in [0.5, 0.6) is 0 Å². The number of hydrogen-bond donors (Lipinski definition) is 1. The van der Waals surface area contributed by atoms with Crippen molar-refractivity contribution in [3.63, 3.8) is 0 Å². The fourth-order valence-electron chi connectivity index (χ4n) is 3.67. The number of anilines is 1. The standard InChI is InChI=1S/C16H20ClF3N6O/c17-13-12-7-21-15(22-11-2-5-27-6-3-11)24-26(12)14(23-13)10-1-4-25(8-10)9-16(18,19)20/h7,10-11H,1-6,8-9H2,(H,22,24). The Morgan fingerprint density at radius 2 is 2.04 bits per heavy atom. The first-order valence-electron chi connectivity index (χ1n) is 8.93. The van der Waals surface area contributed by atoms with Crippen LogP contribution in [0.25, 0.3) is 5.52 Å². The van der Waals surface area contributed by atoms with Crippen molar-refractivity contribution >= 4 is 23.1 Å². The molecule has 0 saturated carbocycles. The van der Waals surface area contributed by atoms with E-state index >= 15 is 0 Å². The molecule has 0 aliphatic carbocycles. The molecule has 1 atom stereocenters. The molecule has 0 amide bonds. The van der Waals surface area contributed by atoms with Crippen LogP contribution >= 0.6 is 11.6 Å². The Bertz CT molecular complexity index is 807. The molecule has 27 heavy (non-hydrogen) atoms. The number of nitrogens with zero attached hydrogens (tertiary/aromatic N) is 5. The minimum atomic E-state index is -4.20. The molecule has 2 aromatic heterocycles. The molecule has 2 saturated heterocycles. The number of nitrogens with one attached hydrogen (secondary N) is 1. The van der Waals surface area contributed by atoms with Gasteiger partial charge in [0.25, 0.3) is 0 Å². The molecular weight excluding hydrogens is 385 g/mol. The van der Waals surface area contributed by atoms with E-state index in [-0.39, 0.29) is 23.7 Å². The van der Waals surface area contributed by atoms with E-state index in [1.165, 1.54) is 4.90 Å². The Labute approximate surface area is 158 Å². The van der Waals surface area contributed by atoms with Gasteiger partial charge in [0.2, 0.25) is 5.95 Å². The predicted octanol–water partition coefficient (Wildman–Crippen LogP) is 2.72. The maximum atomic E-state index is 12.6. The Morgan fingerprint density at radius 1 is 1.26 bits per heavy atom. The summed E-state index contributed by atoms with van der Waals surface area (Å²) < 4.78 is 44.9. The topological polar surface area (TPSA) is 67.6 Å².